The number of hydrogen-bond donors (Lipinski definition) is 2. The fourth-order valence-corrected chi connectivity index (χ4v) is 3.28. The molecule has 0 spiro atoms. The summed E-state index contributed by atoms with van der Waals surface area (Å²) in [6, 6.07) is 14.5. The van der Waals surface area contributed by atoms with Crippen LogP contribution in [0.2, 0.25) is 0 Å². The minimum absolute atomic E-state index is 0.0161. The molecule has 0 bridgehead atoms. The number of nitrogens with zero attached hydrogens (tertiary/aromatic N) is 2. The highest BCUT2D eigenvalue weighted by Crippen LogP contribution is 2.13. The number of sulfonamides is 1. The zero-order valence-corrected chi connectivity index (χ0v) is 14.7. The molecule has 26 heavy (non-hydrogen) atoms. The molecule has 8 heteroatoms. The van der Waals surface area contributed by atoms with Gasteiger partial charge in [0.1, 0.15) is 0 Å². The first-order chi connectivity index (χ1) is 12.5. The van der Waals surface area contributed by atoms with E-state index in [-0.39, 0.29) is 18.2 Å². The molecule has 2 heterocycles. The zero-order valence-electron chi connectivity index (χ0n) is 13.9. The van der Waals surface area contributed by atoms with E-state index in [1.807, 2.05) is 30.3 Å². The van der Waals surface area contributed by atoms with Crippen molar-refractivity contribution in [2.45, 2.75) is 0 Å². The summed E-state index contributed by atoms with van der Waals surface area (Å²) in [6.45, 7) is 0.0161. The number of carbonyl (C=O) groups excluding carboxylic acids is 1. The van der Waals surface area contributed by atoms with Crippen LogP contribution in [0.3, 0.4) is 0 Å². The predicted molar refractivity (Wildman–Crippen MR) is 101 cm³/mol. The lowest BCUT2D eigenvalue weighted by Gasteiger charge is -2.08. The minimum atomic E-state index is -3.57. The Bertz CT molecular complexity index is 1030. The second-order valence-electron chi connectivity index (χ2n) is 5.57. The quantitative estimate of drug-likeness (QED) is 0.622. The van der Waals surface area contributed by atoms with Gasteiger partial charge in [-0.3, -0.25) is 9.52 Å². The standard InChI is InChI=1S/C18H18N4O3S/c23-18(7-6-15-4-2-1-3-5-15)19-11-13-26(24,25)21-16-9-12-22-17(14-16)8-10-20-22/h1-10,12,14,21H,11,13H2,(H,19,23)/b7-6+. The number of fused-ring (bicyclic) bond motifs is 1. The van der Waals surface area contributed by atoms with Crippen LogP contribution in [-0.2, 0) is 14.8 Å². The van der Waals surface area contributed by atoms with Gasteiger partial charge in [-0.2, -0.15) is 5.10 Å². The van der Waals surface area contributed by atoms with Crippen LogP contribution in [0.15, 0.2) is 67.0 Å². The Hall–Kier alpha value is -3.13. The number of amides is 1. The first-order valence-corrected chi connectivity index (χ1v) is 9.62. The van der Waals surface area contributed by atoms with Crippen LogP contribution in [0.25, 0.3) is 11.6 Å². The molecule has 0 saturated heterocycles. The average Bonchev–Trinajstić information content (AvgIpc) is 3.08. The minimum Gasteiger partial charge on any atom is -0.351 e. The van der Waals surface area contributed by atoms with Crippen LogP contribution in [0.4, 0.5) is 5.69 Å². The van der Waals surface area contributed by atoms with Gasteiger partial charge < -0.3 is 5.32 Å². The number of anilines is 1. The third kappa shape index (κ3) is 4.93. The third-order valence-electron chi connectivity index (χ3n) is 3.57. The zero-order chi connectivity index (χ0) is 18.4. The van der Waals surface area contributed by atoms with Crippen molar-refractivity contribution in [1.82, 2.24) is 14.9 Å². The van der Waals surface area contributed by atoms with Gasteiger partial charge in [-0.15, -0.1) is 0 Å². The molecule has 0 fully saturated rings. The van der Waals surface area contributed by atoms with Crippen LogP contribution in [0.5, 0.6) is 0 Å². The summed E-state index contributed by atoms with van der Waals surface area (Å²) >= 11 is 0. The van der Waals surface area contributed by atoms with Crippen LogP contribution >= 0.6 is 0 Å². The van der Waals surface area contributed by atoms with E-state index >= 15 is 0 Å². The van der Waals surface area contributed by atoms with E-state index < -0.39 is 10.0 Å². The van der Waals surface area contributed by atoms with Crippen molar-refractivity contribution < 1.29 is 13.2 Å². The lowest BCUT2D eigenvalue weighted by molar-refractivity contribution is -0.116. The summed E-state index contributed by atoms with van der Waals surface area (Å²) in [5.41, 5.74) is 2.13. The number of benzene rings is 1. The lowest BCUT2D eigenvalue weighted by atomic mass is 10.2. The predicted octanol–water partition coefficient (Wildman–Crippen LogP) is 1.91. The Morgan fingerprint density at radius 3 is 2.77 bits per heavy atom. The van der Waals surface area contributed by atoms with E-state index in [2.05, 4.69) is 15.1 Å². The molecule has 3 aromatic rings. The molecule has 1 aromatic carbocycles. The molecule has 0 aliphatic rings. The Morgan fingerprint density at radius 1 is 1.15 bits per heavy atom. The maximum Gasteiger partial charge on any atom is 0.244 e. The van der Waals surface area contributed by atoms with Gasteiger partial charge in [0, 0.05) is 25.0 Å². The largest absolute Gasteiger partial charge is 0.351 e. The van der Waals surface area contributed by atoms with Gasteiger partial charge in [0.15, 0.2) is 0 Å². The van der Waals surface area contributed by atoms with E-state index in [1.165, 1.54) is 6.08 Å². The fourth-order valence-electron chi connectivity index (χ4n) is 2.32. The highest BCUT2D eigenvalue weighted by atomic mass is 32.2. The van der Waals surface area contributed by atoms with E-state index in [1.54, 1.807) is 41.2 Å². The molecule has 0 saturated carbocycles. The van der Waals surface area contributed by atoms with E-state index in [4.69, 9.17) is 0 Å². The van der Waals surface area contributed by atoms with Crippen LogP contribution in [0, 0.1) is 0 Å². The van der Waals surface area contributed by atoms with Crippen LogP contribution < -0.4 is 10.0 Å². The molecular weight excluding hydrogens is 352 g/mol. The van der Waals surface area contributed by atoms with Gasteiger partial charge in [-0.05, 0) is 29.8 Å². The number of aromatic nitrogens is 2. The molecule has 2 N–H and O–H groups in total. The van der Waals surface area contributed by atoms with Crippen molar-refractivity contribution in [2.24, 2.45) is 0 Å². The highest BCUT2D eigenvalue weighted by molar-refractivity contribution is 7.92. The molecule has 7 nitrogen and oxygen atoms in total. The van der Waals surface area contributed by atoms with Gasteiger partial charge >= 0.3 is 0 Å². The molecule has 0 aliphatic carbocycles. The number of carbonyl (C=O) groups is 1. The average molecular weight is 370 g/mol. The number of pyridine rings is 1. The summed E-state index contributed by atoms with van der Waals surface area (Å²) in [4.78, 5) is 11.8. The fraction of sp³-hybridized carbons (Fsp3) is 0.111. The van der Waals surface area contributed by atoms with Crippen LogP contribution in [0.1, 0.15) is 5.56 Å². The maximum atomic E-state index is 12.1. The van der Waals surface area contributed by atoms with E-state index in [0.29, 0.717) is 5.69 Å². The summed E-state index contributed by atoms with van der Waals surface area (Å²) in [5.74, 6) is -0.563. The van der Waals surface area contributed by atoms with Crippen molar-refractivity contribution >= 4 is 33.2 Å². The number of rotatable bonds is 7. The van der Waals surface area contributed by atoms with Crippen LogP contribution in [-0.4, -0.2) is 36.2 Å². The normalized spacial score (nSPS) is 11.7. The van der Waals surface area contributed by atoms with Gasteiger partial charge in [0.25, 0.3) is 0 Å². The van der Waals surface area contributed by atoms with E-state index in [9.17, 15) is 13.2 Å². The summed E-state index contributed by atoms with van der Waals surface area (Å²) in [5, 5.41) is 6.61. The van der Waals surface area contributed by atoms with E-state index in [0.717, 1.165) is 11.1 Å². The molecular formula is C18H18N4O3S. The topological polar surface area (TPSA) is 92.6 Å². The second kappa shape index (κ2) is 7.83. The summed E-state index contributed by atoms with van der Waals surface area (Å²) < 4.78 is 28.4. The Labute approximate surface area is 151 Å². The summed E-state index contributed by atoms with van der Waals surface area (Å²) in [6.07, 6.45) is 6.35. The maximum absolute atomic E-state index is 12.1. The SMILES string of the molecule is O=C(/C=C/c1ccccc1)NCCS(=O)(=O)Nc1ccn2nccc2c1. The van der Waals surface area contributed by atoms with Crippen molar-refractivity contribution in [3.63, 3.8) is 0 Å². The molecule has 0 unspecified atom stereocenters. The molecule has 134 valence electrons. The highest BCUT2D eigenvalue weighted by Gasteiger charge is 2.11. The monoisotopic (exact) mass is 370 g/mol. The first kappa shape index (κ1) is 17.7. The van der Waals surface area contributed by atoms with Crippen molar-refractivity contribution in [2.75, 3.05) is 17.0 Å². The van der Waals surface area contributed by atoms with Crippen molar-refractivity contribution in [3.05, 3.63) is 72.6 Å². The number of hydrogen-bond acceptors (Lipinski definition) is 4. The Balaban J connectivity index is 1.50. The smallest absolute Gasteiger partial charge is 0.244 e. The Morgan fingerprint density at radius 2 is 1.96 bits per heavy atom. The van der Waals surface area contributed by atoms with Gasteiger partial charge in [-0.25, -0.2) is 12.9 Å². The first-order valence-electron chi connectivity index (χ1n) is 7.97. The number of nitrogens with one attached hydrogen (secondary N) is 2. The molecule has 0 aliphatic heterocycles. The lowest BCUT2D eigenvalue weighted by Crippen LogP contribution is -2.30. The third-order valence-corrected chi connectivity index (χ3v) is 4.86. The van der Waals surface area contributed by atoms with Crippen molar-refractivity contribution in [1.29, 1.82) is 0 Å². The summed E-state index contributed by atoms with van der Waals surface area (Å²) in [7, 11) is -3.57. The second-order valence-corrected chi connectivity index (χ2v) is 7.41. The molecule has 0 atom stereocenters. The van der Waals surface area contributed by atoms with Gasteiger partial charge in [0.05, 0.1) is 17.0 Å². The van der Waals surface area contributed by atoms with Gasteiger partial charge in [0.2, 0.25) is 15.9 Å². The van der Waals surface area contributed by atoms with Crippen molar-refractivity contribution in [3.8, 4) is 0 Å². The molecule has 0 radical (unpaired) electrons. The Kier molecular flexibility index (Phi) is 5.33. The molecule has 3 rings (SSSR count). The molecule has 1 amide bonds. The van der Waals surface area contributed by atoms with Gasteiger partial charge in [-0.1, -0.05) is 30.3 Å². The molecule has 2 aromatic heterocycles.